The van der Waals surface area contributed by atoms with E-state index in [4.69, 9.17) is 8.83 Å². The number of carbonyl (C=O) groups is 1. The van der Waals surface area contributed by atoms with Gasteiger partial charge in [0, 0.05) is 24.8 Å². The van der Waals surface area contributed by atoms with Crippen molar-refractivity contribution in [3.8, 4) is 0 Å². The van der Waals surface area contributed by atoms with Crippen molar-refractivity contribution in [2.24, 2.45) is 0 Å². The maximum atomic E-state index is 13.4. The number of aryl methyl sites for hydroxylation is 1. The van der Waals surface area contributed by atoms with Crippen molar-refractivity contribution in [1.82, 2.24) is 5.32 Å². The van der Waals surface area contributed by atoms with E-state index in [9.17, 15) is 9.18 Å². The summed E-state index contributed by atoms with van der Waals surface area (Å²) in [6, 6.07) is 16.0. The first-order chi connectivity index (χ1) is 14.1. The Morgan fingerprint density at radius 3 is 2.79 bits per heavy atom. The topological polar surface area (TPSA) is 55.4 Å². The van der Waals surface area contributed by atoms with Gasteiger partial charge in [0.2, 0.25) is 0 Å². The summed E-state index contributed by atoms with van der Waals surface area (Å²) < 4.78 is 24.8. The Labute approximate surface area is 168 Å². The third-order valence-corrected chi connectivity index (χ3v) is 4.93. The van der Waals surface area contributed by atoms with E-state index in [2.05, 4.69) is 5.32 Å². The van der Waals surface area contributed by atoms with Gasteiger partial charge in [-0.15, -0.1) is 0 Å². The molecule has 0 aliphatic carbocycles. The summed E-state index contributed by atoms with van der Waals surface area (Å²) >= 11 is 0. The average Bonchev–Trinajstić information content (AvgIpc) is 3.32. The highest BCUT2D eigenvalue weighted by Crippen LogP contribution is 2.22. The van der Waals surface area contributed by atoms with Gasteiger partial charge in [0.25, 0.3) is 5.91 Å². The lowest BCUT2D eigenvalue weighted by Gasteiger charge is -2.04. The third kappa shape index (κ3) is 4.24. The molecule has 0 bridgehead atoms. The predicted octanol–water partition coefficient (Wildman–Crippen LogP) is 5.29. The quantitative estimate of drug-likeness (QED) is 0.466. The molecule has 0 radical (unpaired) electrons. The van der Waals surface area contributed by atoms with Crippen molar-refractivity contribution in [2.75, 3.05) is 6.54 Å². The number of furan rings is 2. The molecule has 148 valence electrons. The summed E-state index contributed by atoms with van der Waals surface area (Å²) in [6.07, 6.45) is 3.47. The van der Waals surface area contributed by atoms with Crippen molar-refractivity contribution < 1.29 is 18.0 Å². The Morgan fingerprint density at radius 1 is 1.10 bits per heavy atom. The Bertz CT molecular complexity index is 1140. The van der Waals surface area contributed by atoms with E-state index in [1.807, 2.05) is 37.3 Å². The van der Waals surface area contributed by atoms with E-state index in [1.165, 1.54) is 12.1 Å². The Morgan fingerprint density at radius 2 is 1.97 bits per heavy atom. The molecule has 2 aromatic carbocycles. The van der Waals surface area contributed by atoms with Gasteiger partial charge >= 0.3 is 0 Å². The summed E-state index contributed by atoms with van der Waals surface area (Å²) in [5.74, 6) is 0.847. The number of hydrogen-bond donors (Lipinski definition) is 1. The molecule has 4 aromatic rings. The highest BCUT2D eigenvalue weighted by atomic mass is 19.1. The van der Waals surface area contributed by atoms with Crippen LogP contribution in [0.2, 0.25) is 0 Å². The van der Waals surface area contributed by atoms with E-state index >= 15 is 0 Å². The molecule has 1 N–H and O–H groups in total. The molecule has 0 aliphatic heterocycles. The van der Waals surface area contributed by atoms with Gasteiger partial charge in [0.05, 0.1) is 11.8 Å². The van der Waals surface area contributed by atoms with Crippen LogP contribution in [0, 0.1) is 5.82 Å². The number of rotatable bonds is 7. The summed E-state index contributed by atoms with van der Waals surface area (Å²) in [4.78, 5) is 12.7. The zero-order chi connectivity index (χ0) is 20.2. The Balaban J connectivity index is 1.42. The monoisotopic (exact) mass is 391 g/mol. The van der Waals surface area contributed by atoms with Crippen LogP contribution in [-0.4, -0.2) is 12.5 Å². The molecule has 0 atom stereocenters. The van der Waals surface area contributed by atoms with E-state index in [1.54, 1.807) is 18.4 Å². The maximum Gasteiger partial charge on any atom is 0.254 e. The molecule has 4 rings (SSSR count). The first-order valence-electron chi connectivity index (χ1n) is 9.73. The highest BCUT2D eigenvalue weighted by Gasteiger charge is 2.17. The van der Waals surface area contributed by atoms with Gasteiger partial charge in [-0.05, 0) is 41.8 Å². The standard InChI is InChI=1S/C24H22FNO3/c1-2-22-21(14-19(29-22)13-16-6-5-7-18(25)12-16)24(27)26-11-10-17-15-28-23-9-4-3-8-20(17)23/h3-9,12,14-15H,2,10-11,13H2,1H3,(H,26,27). The number of para-hydroxylation sites is 1. The molecule has 0 unspecified atom stereocenters. The van der Waals surface area contributed by atoms with Crippen molar-refractivity contribution in [3.05, 3.63) is 94.9 Å². The molecule has 2 heterocycles. The minimum atomic E-state index is -0.283. The van der Waals surface area contributed by atoms with Crippen LogP contribution in [-0.2, 0) is 19.3 Å². The van der Waals surface area contributed by atoms with Crippen molar-refractivity contribution in [1.29, 1.82) is 0 Å². The van der Waals surface area contributed by atoms with Crippen LogP contribution in [0.25, 0.3) is 11.0 Å². The molecule has 0 aliphatic rings. The second kappa shape index (κ2) is 8.35. The van der Waals surface area contributed by atoms with E-state index < -0.39 is 0 Å². The van der Waals surface area contributed by atoms with Crippen LogP contribution in [0.15, 0.2) is 69.7 Å². The second-order valence-electron chi connectivity index (χ2n) is 6.97. The van der Waals surface area contributed by atoms with Gasteiger partial charge in [-0.25, -0.2) is 4.39 Å². The van der Waals surface area contributed by atoms with Gasteiger partial charge in [0.15, 0.2) is 0 Å². The molecular formula is C24H22FNO3. The molecule has 29 heavy (non-hydrogen) atoms. The first kappa shape index (κ1) is 19.0. The minimum Gasteiger partial charge on any atom is -0.465 e. The highest BCUT2D eigenvalue weighted by molar-refractivity contribution is 5.95. The summed E-state index contributed by atoms with van der Waals surface area (Å²) in [7, 11) is 0. The fourth-order valence-electron chi connectivity index (χ4n) is 3.51. The molecule has 0 saturated heterocycles. The van der Waals surface area contributed by atoms with Crippen molar-refractivity contribution >= 4 is 16.9 Å². The van der Waals surface area contributed by atoms with E-state index in [-0.39, 0.29) is 11.7 Å². The fourth-order valence-corrected chi connectivity index (χ4v) is 3.51. The largest absolute Gasteiger partial charge is 0.465 e. The lowest BCUT2D eigenvalue weighted by molar-refractivity contribution is 0.0952. The average molecular weight is 391 g/mol. The summed E-state index contributed by atoms with van der Waals surface area (Å²) in [5.41, 5.74) is 3.26. The van der Waals surface area contributed by atoms with Gasteiger partial charge < -0.3 is 14.2 Å². The van der Waals surface area contributed by atoms with E-state index in [0.29, 0.717) is 42.9 Å². The number of nitrogens with one attached hydrogen (secondary N) is 1. The Hall–Kier alpha value is -3.34. The number of amides is 1. The lowest BCUT2D eigenvalue weighted by atomic mass is 10.1. The number of halogens is 1. The van der Waals surface area contributed by atoms with Crippen molar-refractivity contribution in [2.45, 2.75) is 26.2 Å². The Kier molecular flexibility index (Phi) is 5.47. The molecule has 2 aromatic heterocycles. The van der Waals surface area contributed by atoms with Gasteiger partial charge in [-0.1, -0.05) is 37.3 Å². The lowest BCUT2D eigenvalue weighted by Crippen LogP contribution is -2.26. The molecule has 1 amide bonds. The number of benzene rings is 2. The summed E-state index contributed by atoms with van der Waals surface area (Å²) in [6.45, 7) is 2.44. The van der Waals surface area contributed by atoms with Crippen LogP contribution in [0.3, 0.4) is 0 Å². The second-order valence-corrected chi connectivity index (χ2v) is 6.97. The zero-order valence-electron chi connectivity index (χ0n) is 16.2. The maximum absolute atomic E-state index is 13.4. The van der Waals surface area contributed by atoms with Gasteiger partial charge in [-0.2, -0.15) is 0 Å². The van der Waals surface area contributed by atoms with Crippen molar-refractivity contribution in [3.63, 3.8) is 0 Å². The number of hydrogen-bond acceptors (Lipinski definition) is 3. The molecule has 0 fully saturated rings. The molecule has 0 saturated carbocycles. The summed E-state index contributed by atoms with van der Waals surface area (Å²) in [5, 5.41) is 4.03. The van der Waals surface area contributed by atoms with Gasteiger partial charge in [-0.3, -0.25) is 4.79 Å². The fraction of sp³-hybridized carbons (Fsp3) is 0.208. The van der Waals surface area contributed by atoms with Crippen LogP contribution >= 0.6 is 0 Å². The first-order valence-corrected chi connectivity index (χ1v) is 9.73. The van der Waals surface area contributed by atoms with Crippen LogP contribution in [0.5, 0.6) is 0 Å². The predicted molar refractivity (Wildman–Crippen MR) is 110 cm³/mol. The zero-order valence-corrected chi connectivity index (χ0v) is 16.2. The minimum absolute atomic E-state index is 0.163. The van der Waals surface area contributed by atoms with Crippen LogP contribution in [0.1, 0.15) is 39.9 Å². The molecular weight excluding hydrogens is 369 g/mol. The van der Waals surface area contributed by atoms with Crippen LogP contribution in [0.4, 0.5) is 4.39 Å². The van der Waals surface area contributed by atoms with Crippen LogP contribution < -0.4 is 5.32 Å². The molecule has 4 nitrogen and oxygen atoms in total. The molecule has 0 spiro atoms. The number of carbonyl (C=O) groups excluding carboxylic acids is 1. The third-order valence-electron chi connectivity index (χ3n) is 4.93. The normalized spacial score (nSPS) is 11.1. The SMILES string of the molecule is CCc1oc(Cc2cccc(F)c2)cc1C(=O)NCCc1coc2ccccc12. The van der Waals surface area contributed by atoms with Gasteiger partial charge in [0.1, 0.15) is 22.9 Å². The smallest absolute Gasteiger partial charge is 0.254 e. The molecule has 5 heteroatoms. The number of fused-ring (bicyclic) bond motifs is 1. The van der Waals surface area contributed by atoms with E-state index in [0.717, 1.165) is 22.1 Å².